The fourth-order valence-electron chi connectivity index (χ4n) is 2.46. The van der Waals surface area contributed by atoms with Crippen LogP contribution in [-0.4, -0.2) is 24.5 Å². The standard InChI is InChI=1S/C15H16ClN5S/c1-10-9-11(2)20(19-10)8-7-14-17-18-15(22)21(14)13-5-3-12(16)4-6-13/h3-6,9H,7-8H2,1-2H3,(H,18,22). The minimum absolute atomic E-state index is 0.575. The lowest BCUT2D eigenvalue weighted by Gasteiger charge is -2.08. The first-order valence-corrected chi connectivity index (χ1v) is 7.76. The normalized spacial score (nSPS) is 11.0. The third kappa shape index (κ3) is 2.98. The van der Waals surface area contributed by atoms with Crippen LogP contribution in [0, 0.1) is 18.6 Å². The summed E-state index contributed by atoms with van der Waals surface area (Å²) in [4.78, 5) is 0. The first kappa shape index (κ1) is 15.0. The molecule has 0 amide bonds. The molecule has 0 saturated carbocycles. The van der Waals surface area contributed by atoms with Gasteiger partial charge in [-0.3, -0.25) is 14.3 Å². The molecule has 1 aromatic carbocycles. The van der Waals surface area contributed by atoms with Gasteiger partial charge >= 0.3 is 0 Å². The fourth-order valence-corrected chi connectivity index (χ4v) is 2.84. The molecule has 0 saturated heterocycles. The van der Waals surface area contributed by atoms with Gasteiger partial charge in [0.2, 0.25) is 0 Å². The summed E-state index contributed by atoms with van der Waals surface area (Å²) >= 11 is 11.3. The summed E-state index contributed by atoms with van der Waals surface area (Å²) in [6.45, 7) is 4.80. The van der Waals surface area contributed by atoms with Crippen molar-refractivity contribution < 1.29 is 0 Å². The summed E-state index contributed by atoms with van der Waals surface area (Å²) in [5.74, 6) is 0.875. The molecule has 3 rings (SSSR count). The number of aryl methyl sites for hydroxylation is 4. The lowest BCUT2D eigenvalue weighted by atomic mass is 10.3. The topological polar surface area (TPSA) is 51.4 Å². The predicted molar refractivity (Wildman–Crippen MR) is 89.2 cm³/mol. The Labute approximate surface area is 138 Å². The van der Waals surface area contributed by atoms with Crippen LogP contribution in [0.15, 0.2) is 30.3 Å². The minimum Gasteiger partial charge on any atom is -0.272 e. The van der Waals surface area contributed by atoms with Crippen LogP contribution in [0.2, 0.25) is 5.02 Å². The molecular formula is C15H16ClN5S. The van der Waals surface area contributed by atoms with Crippen molar-refractivity contribution in [1.29, 1.82) is 0 Å². The van der Waals surface area contributed by atoms with Gasteiger partial charge in [0.1, 0.15) is 5.82 Å². The van der Waals surface area contributed by atoms with Crippen LogP contribution in [0.4, 0.5) is 0 Å². The van der Waals surface area contributed by atoms with E-state index in [1.165, 1.54) is 0 Å². The summed E-state index contributed by atoms with van der Waals surface area (Å²) in [5.41, 5.74) is 3.12. The summed E-state index contributed by atoms with van der Waals surface area (Å²) in [5, 5.41) is 12.4. The van der Waals surface area contributed by atoms with E-state index in [1.54, 1.807) is 0 Å². The Morgan fingerprint density at radius 2 is 1.95 bits per heavy atom. The van der Waals surface area contributed by atoms with Gasteiger partial charge in [0.05, 0.1) is 5.69 Å². The van der Waals surface area contributed by atoms with Gasteiger partial charge in [0.15, 0.2) is 4.77 Å². The Balaban J connectivity index is 1.88. The Hall–Kier alpha value is -1.92. The van der Waals surface area contributed by atoms with E-state index in [0.29, 0.717) is 9.79 Å². The second kappa shape index (κ2) is 6.06. The number of hydrogen-bond donors (Lipinski definition) is 1. The second-order valence-corrected chi connectivity index (χ2v) is 5.98. The van der Waals surface area contributed by atoms with Gasteiger partial charge in [-0.1, -0.05) is 11.6 Å². The summed E-state index contributed by atoms with van der Waals surface area (Å²) in [7, 11) is 0. The van der Waals surface area contributed by atoms with E-state index in [2.05, 4.69) is 28.3 Å². The van der Waals surface area contributed by atoms with Gasteiger partial charge in [-0.15, -0.1) is 0 Å². The molecule has 7 heteroatoms. The van der Waals surface area contributed by atoms with Crippen LogP contribution in [0.3, 0.4) is 0 Å². The molecule has 114 valence electrons. The fraction of sp³-hybridized carbons (Fsp3) is 0.267. The number of nitrogens with one attached hydrogen (secondary N) is 1. The Kier molecular flexibility index (Phi) is 4.13. The molecule has 0 unspecified atom stereocenters. The van der Waals surface area contributed by atoms with Crippen molar-refractivity contribution in [2.45, 2.75) is 26.8 Å². The smallest absolute Gasteiger partial charge is 0.199 e. The summed E-state index contributed by atoms with van der Waals surface area (Å²) < 4.78 is 4.49. The molecule has 2 aromatic heterocycles. The van der Waals surface area contributed by atoms with E-state index in [1.807, 2.05) is 40.4 Å². The first-order chi connectivity index (χ1) is 10.5. The van der Waals surface area contributed by atoms with Crippen LogP contribution >= 0.6 is 23.8 Å². The molecule has 0 atom stereocenters. The van der Waals surface area contributed by atoms with Crippen LogP contribution in [-0.2, 0) is 13.0 Å². The zero-order chi connectivity index (χ0) is 15.7. The van der Waals surface area contributed by atoms with Crippen molar-refractivity contribution >= 4 is 23.8 Å². The molecule has 5 nitrogen and oxygen atoms in total. The maximum atomic E-state index is 5.94. The van der Waals surface area contributed by atoms with Crippen molar-refractivity contribution in [3.8, 4) is 5.69 Å². The molecule has 0 radical (unpaired) electrons. The zero-order valence-electron chi connectivity index (χ0n) is 12.4. The Morgan fingerprint density at radius 3 is 2.59 bits per heavy atom. The molecule has 1 N–H and O–H groups in total. The lowest BCUT2D eigenvalue weighted by Crippen LogP contribution is -2.09. The highest BCUT2D eigenvalue weighted by Crippen LogP contribution is 2.16. The van der Waals surface area contributed by atoms with Crippen molar-refractivity contribution in [2.24, 2.45) is 0 Å². The van der Waals surface area contributed by atoms with E-state index in [4.69, 9.17) is 23.8 Å². The second-order valence-electron chi connectivity index (χ2n) is 5.16. The number of aromatic nitrogens is 5. The van der Waals surface area contributed by atoms with Crippen LogP contribution in [0.25, 0.3) is 5.69 Å². The molecular weight excluding hydrogens is 318 g/mol. The maximum Gasteiger partial charge on any atom is 0.199 e. The van der Waals surface area contributed by atoms with Gasteiger partial charge in [0, 0.05) is 29.4 Å². The monoisotopic (exact) mass is 333 g/mol. The van der Waals surface area contributed by atoms with E-state index in [9.17, 15) is 0 Å². The largest absolute Gasteiger partial charge is 0.272 e. The maximum absolute atomic E-state index is 5.94. The van der Waals surface area contributed by atoms with Crippen molar-refractivity contribution in [1.82, 2.24) is 24.5 Å². The highest BCUT2D eigenvalue weighted by Gasteiger charge is 2.10. The van der Waals surface area contributed by atoms with Crippen LogP contribution in [0.5, 0.6) is 0 Å². The molecule has 0 aliphatic heterocycles. The van der Waals surface area contributed by atoms with Crippen molar-refractivity contribution in [3.63, 3.8) is 0 Å². The highest BCUT2D eigenvalue weighted by molar-refractivity contribution is 7.71. The highest BCUT2D eigenvalue weighted by atomic mass is 35.5. The number of benzene rings is 1. The van der Waals surface area contributed by atoms with E-state index in [0.717, 1.165) is 35.9 Å². The van der Waals surface area contributed by atoms with Gasteiger partial charge in [-0.2, -0.15) is 10.2 Å². The number of H-pyrrole nitrogens is 1. The SMILES string of the molecule is Cc1cc(C)n(CCc2n[nH]c(=S)n2-c2ccc(Cl)cc2)n1. The van der Waals surface area contributed by atoms with E-state index in [-0.39, 0.29) is 0 Å². The molecule has 0 bridgehead atoms. The molecule has 0 aliphatic carbocycles. The van der Waals surface area contributed by atoms with E-state index >= 15 is 0 Å². The number of nitrogens with zero attached hydrogens (tertiary/aromatic N) is 4. The zero-order valence-corrected chi connectivity index (χ0v) is 13.9. The first-order valence-electron chi connectivity index (χ1n) is 6.98. The van der Waals surface area contributed by atoms with Gasteiger partial charge < -0.3 is 0 Å². The van der Waals surface area contributed by atoms with Gasteiger partial charge in [0.25, 0.3) is 0 Å². The van der Waals surface area contributed by atoms with Crippen molar-refractivity contribution in [2.75, 3.05) is 0 Å². The average molecular weight is 334 g/mol. The Bertz CT molecular complexity index is 844. The van der Waals surface area contributed by atoms with Crippen molar-refractivity contribution in [3.05, 3.63) is 57.3 Å². The quantitative estimate of drug-likeness (QED) is 0.742. The molecule has 22 heavy (non-hydrogen) atoms. The molecule has 3 aromatic rings. The summed E-state index contributed by atoms with van der Waals surface area (Å²) in [6, 6.07) is 9.62. The predicted octanol–water partition coefficient (Wildman–Crippen LogP) is 3.64. The number of aromatic amines is 1. The van der Waals surface area contributed by atoms with E-state index < -0.39 is 0 Å². The number of halogens is 1. The third-order valence-electron chi connectivity index (χ3n) is 3.48. The third-order valence-corrected chi connectivity index (χ3v) is 4.00. The summed E-state index contributed by atoms with van der Waals surface area (Å²) in [6.07, 6.45) is 0.734. The molecule has 0 aliphatic rings. The van der Waals surface area contributed by atoms with Gasteiger partial charge in [-0.25, -0.2) is 0 Å². The Morgan fingerprint density at radius 1 is 1.23 bits per heavy atom. The van der Waals surface area contributed by atoms with Crippen LogP contribution in [0.1, 0.15) is 17.2 Å². The molecule has 0 spiro atoms. The molecule has 0 fully saturated rings. The van der Waals surface area contributed by atoms with Gasteiger partial charge in [-0.05, 0) is 56.4 Å². The number of hydrogen-bond acceptors (Lipinski definition) is 3. The van der Waals surface area contributed by atoms with Crippen LogP contribution < -0.4 is 0 Å². The molecule has 2 heterocycles. The lowest BCUT2D eigenvalue weighted by molar-refractivity contribution is 0.577. The average Bonchev–Trinajstić information content (AvgIpc) is 3.00. The minimum atomic E-state index is 0.575. The number of rotatable bonds is 4.